The maximum atomic E-state index is 3.66. The normalized spacial score (nSPS) is 15.3. The number of nitrogens with zero attached hydrogens (tertiary/aromatic N) is 2. The van der Waals surface area contributed by atoms with Crippen molar-refractivity contribution in [3.05, 3.63) is 25.2 Å². The Morgan fingerprint density at radius 1 is 1.60 bits per heavy atom. The molecule has 0 amide bonds. The lowest BCUT2D eigenvalue weighted by atomic mass is 10.6. The van der Waals surface area contributed by atoms with Gasteiger partial charge in [-0.1, -0.05) is 6.58 Å². The Morgan fingerprint density at radius 3 is 2.60 bits per heavy atom. The summed E-state index contributed by atoms with van der Waals surface area (Å²) < 4.78 is 0. The monoisotopic (exact) mass is 252 g/mol. The Balaban J connectivity index is 0.000000810. The SMILES string of the molecule is C=CN1C=CN(CC)C1.I. The van der Waals surface area contributed by atoms with Crippen LogP contribution >= 0.6 is 24.0 Å². The molecule has 10 heavy (non-hydrogen) atoms. The van der Waals surface area contributed by atoms with E-state index in [1.54, 1.807) is 0 Å². The van der Waals surface area contributed by atoms with E-state index < -0.39 is 0 Å². The van der Waals surface area contributed by atoms with Gasteiger partial charge in [-0.2, -0.15) is 0 Å². The molecule has 1 heterocycles. The lowest BCUT2D eigenvalue weighted by Gasteiger charge is -2.15. The summed E-state index contributed by atoms with van der Waals surface area (Å²) in [6, 6.07) is 0. The summed E-state index contributed by atoms with van der Waals surface area (Å²) in [5, 5.41) is 0. The topological polar surface area (TPSA) is 6.48 Å². The predicted molar refractivity (Wildman–Crippen MR) is 53.8 cm³/mol. The van der Waals surface area contributed by atoms with Crippen LogP contribution in [0.2, 0.25) is 0 Å². The molecule has 1 aliphatic heterocycles. The van der Waals surface area contributed by atoms with Crippen molar-refractivity contribution in [1.29, 1.82) is 0 Å². The first-order valence-corrected chi connectivity index (χ1v) is 3.17. The molecule has 0 N–H and O–H groups in total. The quantitative estimate of drug-likeness (QED) is 0.691. The van der Waals surface area contributed by atoms with Crippen LogP contribution in [0.5, 0.6) is 0 Å². The summed E-state index contributed by atoms with van der Waals surface area (Å²) in [4.78, 5) is 4.26. The fourth-order valence-corrected chi connectivity index (χ4v) is 0.808. The molecule has 1 aliphatic rings. The Bertz CT molecular complexity index is 134. The summed E-state index contributed by atoms with van der Waals surface area (Å²) in [6.45, 7) is 7.82. The van der Waals surface area contributed by atoms with E-state index in [1.807, 2.05) is 17.3 Å². The molecule has 0 radical (unpaired) electrons. The summed E-state index contributed by atoms with van der Waals surface area (Å²) >= 11 is 0. The van der Waals surface area contributed by atoms with Gasteiger partial charge >= 0.3 is 0 Å². The fraction of sp³-hybridized carbons (Fsp3) is 0.429. The van der Waals surface area contributed by atoms with E-state index >= 15 is 0 Å². The zero-order valence-electron chi connectivity index (χ0n) is 6.16. The highest BCUT2D eigenvalue weighted by atomic mass is 127. The minimum absolute atomic E-state index is 0. The van der Waals surface area contributed by atoms with Crippen LogP contribution in [-0.4, -0.2) is 23.0 Å². The van der Waals surface area contributed by atoms with E-state index in [-0.39, 0.29) is 24.0 Å². The smallest absolute Gasteiger partial charge is 0.0935 e. The number of rotatable bonds is 2. The van der Waals surface area contributed by atoms with Crippen LogP contribution in [0.15, 0.2) is 25.2 Å². The third kappa shape index (κ3) is 2.21. The maximum absolute atomic E-state index is 3.66. The second-order valence-corrected chi connectivity index (χ2v) is 2.04. The summed E-state index contributed by atoms with van der Waals surface area (Å²) in [7, 11) is 0. The minimum atomic E-state index is 0. The molecule has 2 nitrogen and oxygen atoms in total. The molecular formula is C7H13IN2. The average Bonchev–Trinajstić information content (AvgIpc) is 2.34. The first kappa shape index (κ1) is 9.81. The van der Waals surface area contributed by atoms with E-state index in [4.69, 9.17) is 0 Å². The molecular weight excluding hydrogens is 239 g/mol. The first-order chi connectivity index (χ1) is 4.36. The van der Waals surface area contributed by atoms with Crippen molar-refractivity contribution in [3.8, 4) is 0 Å². The van der Waals surface area contributed by atoms with Crippen LogP contribution < -0.4 is 0 Å². The standard InChI is InChI=1S/C7H12N2.HI/c1-3-8-5-6-9(4-2)7-8;/h3,5-6H,1,4,7H2,2H3;1H. The van der Waals surface area contributed by atoms with Crippen molar-refractivity contribution in [2.24, 2.45) is 0 Å². The van der Waals surface area contributed by atoms with Gasteiger partial charge in [-0.15, -0.1) is 24.0 Å². The Labute approximate surface area is 79.2 Å². The minimum Gasteiger partial charge on any atom is -0.359 e. The molecule has 0 aromatic rings. The van der Waals surface area contributed by atoms with Gasteiger partial charge in [0.15, 0.2) is 0 Å². The molecule has 0 saturated heterocycles. The van der Waals surface area contributed by atoms with Gasteiger partial charge in [0.1, 0.15) is 0 Å². The fourth-order valence-electron chi connectivity index (χ4n) is 0.808. The van der Waals surface area contributed by atoms with Gasteiger partial charge in [0.05, 0.1) is 6.67 Å². The van der Waals surface area contributed by atoms with E-state index in [1.165, 1.54) is 0 Å². The lowest BCUT2D eigenvalue weighted by molar-refractivity contribution is 0.328. The highest BCUT2D eigenvalue weighted by Crippen LogP contribution is 2.04. The van der Waals surface area contributed by atoms with E-state index in [0.29, 0.717) is 0 Å². The molecule has 1 rings (SSSR count). The van der Waals surface area contributed by atoms with Gasteiger partial charge in [0.2, 0.25) is 0 Å². The highest BCUT2D eigenvalue weighted by molar-refractivity contribution is 14.0. The molecule has 0 bridgehead atoms. The van der Waals surface area contributed by atoms with Gasteiger partial charge in [-0.05, 0) is 13.1 Å². The third-order valence-corrected chi connectivity index (χ3v) is 1.45. The third-order valence-electron chi connectivity index (χ3n) is 1.45. The van der Waals surface area contributed by atoms with Crippen LogP contribution in [0.1, 0.15) is 6.92 Å². The van der Waals surface area contributed by atoms with Crippen LogP contribution in [0.3, 0.4) is 0 Å². The van der Waals surface area contributed by atoms with Gasteiger partial charge in [0, 0.05) is 18.9 Å². The predicted octanol–water partition coefficient (Wildman–Crippen LogP) is 1.81. The number of hydrogen-bond donors (Lipinski definition) is 0. The van der Waals surface area contributed by atoms with Crippen molar-refractivity contribution < 1.29 is 0 Å². The number of halogens is 1. The van der Waals surface area contributed by atoms with Gasteiger partial charge in [-0.3, -0.25) is 0 Å². The van der Waals surface area contributed by atoms with Crippen molar-refractivity contribution in [2.45, 2.75) is 6.92 Å². The molecule has 0 aromatic heterocycles. The van der Waals surface area contributed by atoms with E-state index in [9.17, 15) is 0 Å². The van der Waals surface area contributed by atoms with Crippen molar-refractivity contribution in [2.75, 3.05) is 13.2 Å². The Kier molecular flexibility index (Phi) is 4.51. The van der Waals surface area contributed by atoms with Gasteiger partial charge in [0.25, 0.3) is 0 Å². The molecule has 3 heteroatoms. The number of hydrogen-bond acceptors (Lipinski definition) is 2. The van der Waals surface area contributed by atoms with E-state index in [0.717, 1.165) is 13.2 Å². The summed E-state index contributed by atoms with van der Waals surface area (Å²) in [6.07, 6.45) is 5.92. The summed E-state index contributed by atoms with van der Waals surface area (Å²) in [5.41, 5.74) is 0. The zero-order chi connectivity index (χ0) is 6.69. The molecule has 58 valence electrons. The molecule has 0 atom stereocenters. The van der Waals surface area contributed by atoms with Gasteiger partial charge < -0.3 is 9.80 Å². The molecule has 0 aliphatic carbocycles. The van der Waals surface area contributed by atoms with Gasteiger partial charge in [-0.25, -0.2) is 0 Å². The summed E-state index contributed by atoms with van der Waals surface area (Å²) in [5.74, 6) is 0. The highest BCUT2D eigenvalue weighted by Gasteiger charge is 2.05. The van der Waals surface area contributed by atoms with Crippen molar-refractivity contribution in [1.82, 2.24) is 9.80 Å². The zero-order valence-corrected chi connectivity index (χ0v) is 8.49. The maximum Gasteiger partial charge on any atom is 0.0935 e. The molecule has 0 spiro atoms. The largest absolute Gasteiger partial charge is 0.359 e. The van der Waals surface area contributed by atoms with Crippen LogP contribution in [0, 0.1) is 0 Å². The molecule has 0 unspecified atom stereocenters. The first-order valence-electron chi connectivity index (χ1n) is 3.17. The van der Waals surface area contributed by atoms with Crippen LogP contribution in [0.25, 0.3) is 0 Å². The lowest BCUT2D eigenvalue weighted by Crippen LogP contribution is -2.20. The molecule has 0 aromatic carbocycles. The molecule has 0 saturated carbocycles. The Morgan fingerprint density at radius 2 is 2.30 bits per heavy atom. The van der Waals surface area contributed by atoms with E-state index in [2.05, 4.69) is 24.6 Å². The van der Waals surface area contributed by atoms with Crippen molar-refractivity contribution in [3.63, 3.8) is 0 Å². The second kappa shape index (κ2) is 4.60. The second-order valence-electron chi connectivity index (χ2n) is 2.04. The van der Waals surface area contributed by atoms with Crippen LogP contribution in [0.4, 0.5) is 0 Å². The van der Waals surface area contributed by atoms with Crippen molar-refractivity contribution >= 4 is 24.0 Å². The van der Waals surface area contributed by atoms with Crippen LogP contribution in [-0.2, 0) is 0 Å². The molecule has 0 fully saturated rings. The average molecular weight is 252 g/mol. The Hall–Kier alpha value is -0.190.